The van der Waals surface area contributed by atoms with Crippen molar-refractivity contribution in [3.8, 4) is 0 Å². The highest BCUT2D eigenvalue weighted by Gasteiger charge is 2.08. The van der Waals surface area contributed by atoms with Gasteiger partial charge in [-0.15, -0.1) is 0 Å². The Bertz CT molecular complexity index is 975. The van der Waals surface area contributed by atoms with Crippen molar-refractivity contribution in [2.75, 3.05) is 17.2 Å². The van der Waals surface area contributed by atoms with Gasteiger partial charge in [0.25, 0.3) is 0 Å². The minimum absolute atomic E-state index is 0.169. The molecule has 0 radical (unpaired) electrons. The van der Waals surface area contributed by atoms with Crippen LogP contribution in [0.2, 0.25) is 0 Å². The molecule has 0 aromatic heterocycles. The minimum atomic E-state index is 0.169. The Morgan fingerprint density at radius 1 is 0.607 bits per heavy atom. The van der Waals surface area contributed by atoms with Crippen LogP contribution in [0.5, 0.6) is 0 Å². The van der Waals surface area contributed by atoms with Gasteiger partial charge in [0.15, 0.2) is 0 Å². The van der Waals surface area contributed by atoms with Gasteiger partial charge in [-0.3, -0.25) is 5.32 Å². The van der Waals surface area contributed by atoms with E-state index in [0.717, 1.165) is 12.2 Å². The van der Waals surface area contributed by atoms with Crippen molar-refractivity contribution < 1.29 is 0 Å². The van der Waals surface area contributed by atoms with Gasteiger partial charge in [0.05, 0.1) is 6.17 Å². The van der Waals surface area contributed by atoms with Gasteiger partial charge >= 0.3 is 0 Å². The molecule has 0 aliphatic carbocycles. The molecular formula is C25H27N3. The lowest BCUT2D eigenvalue weighted by atomic mass is 10.1. The molecule has 4 aromatic rings. The van der Waals surface area contributed by atoms with Crippen LogP contribution in [0.3, 0.4) is 0 Å². The highest BCUT2D eigenvalue weighted by Crippen LogP contribution is 2.24. The lowest BCUT2D eigenvalue weighted by Gasteiger charge is -2.22. The highest BCUT2D eigenvalue weighted by atomic mass is 15.1. The lowest BCUT2D eigenvalue weighted by Crippen LogP contribution is -2.40. The Labute approximate surface area is 166 Å². The summed E-state index contributed by atoms with van der Waals surface area (Å²) in [7, 11) is 0. The Hall–Kier alpha value is -3.04. The molecule has 28 heavy (non-hydrogen) atoms. The van der Waals surface area contributed by atoms with Crippen LogP contribution in [0.1, 0.15) is 13.8 Å². The van der Waals surface area contributed by atoms with Gasteiger partial charge in [-0.2, -0.15) is 0 Å². The zero-order valence-electron chi connectivity index (χ0n) is 16.4. The molecule has 4 aromatic carbocycles. The Kier molecular flexibility index (Phi) is 5.45. The van der Waals surface area contributed by atoms with E-state index in [2.05, 4.69) is 115 Å². The number of hydrogen-bond acceptors (Lipinski definition) is 3. The highest BCUT2D eigenvalue weighted by molar-refractivity contribution is 5.94. The van der Waals surface area contributed by atoms with Crippen molar-refractivity contribution in [3.05, 3.63) is 84.9 Å². The fourth-order valence-corrected chi connectivity index (χ4v) is 3.66. The van der Waals surface area contributed by atoms with Gasteiger partial charge in [0, 0.05) is 34.7 Å². The number of fused-ring (bicyclic) bond motifs is 2. The molecule has 0 amide bonds. The van der Waals surface area contributed by atoms with E-state index in [9.17, 15) is 0 Å². The SMILES string of the molecule is CC(CNC(C)Nc1cccc2ccccc12)Nc1cccc2ccccc12. The van der Waals surface area contributed by atoms with Crippen LogP contribution in [-0.2, 0) is 0 Å². The predicted molar refractivity (Wildman–Crippen MR) is 122 cm³/mol. The van der Waals surface area contributed by atoms with Crippen LogP contribution < -0.4 is 16.0 Å². The first-order chi connectivity index (χ1) is 13.7. The van der Waals surface area contributed by atoms with Gasteiger partial charge in [-0.25, -0.2) is 0 Å². The van der Waals surface area contributed by atoms with Crippen molar-refractivity contribution in [2.45, 2.75) is 26.1 Å². The Morgan fingerprint density at radius 3 is 1.71 bits per heavy atom. The van der Waals surface area contributed by atoms with E-state index in [4.69, 9.17) is 0 Å². The summed E-state index contributed by atoms with van der Waals surface area (Å²) in [6.45, 7) is 5.23. The van der Waals surface area contributed by atoms with Crippen LogP contribution in [-0.4, -0.2) is 18.8 Å². The quantitative estimate of drug-likeness (QED) is 0.358. The van der Waals surface area contributed by atoms with Crippen LogP contribution in [0.4, 0.5) is 11.4 Å². The van der Waals surface area contributed by atoms with E-state index in [1.165, 1.54) is 27.2 Å². The topological polar surface area (TPSA) is 36.1 Å². The van der Waals surface area contributed by atoms with Crippen LogP contribution >= 0.6 is 0 Å². The summed E-state index contributed by atoms with van der Waals surface area (Å²) in [5.74, 6) is 0. The maximum Gasteiger partial charge on any atom is 0.0740 e. The van der Waals surface area contributed by atoms with Crippen molar-refractivity contribution in [1.29, 1.82) is 0 Å². The zero-order chi connectivity index (χ0) is 19.3. The molecule has 2 atom stereocenters. The van der Waals surface area contributed by atoms with E-state index in [1.807, 2.05) is 0 Å². The minimum Gasteiger partial charge on any atom is -0.381 e. The van der Waals surface area contributed by atoms with Gasteiger partial charge in [-0.1, -0.05) is 72.8 Å². The molecule has 3 heteroatoms. The summed E-state index contributed by atoms with van der Waals surface area (Å²) < 4.78 is 0. The Balaban J connectivity index is 1.37. The molecule has 3 N–H and O–H groups in total. The van der Waals surface area contributed by atoms with Crippen LogP contribution in [0.25, 0.3) is 21.5 Å². The summed E-state index contributed by atoms with van der Waals surface area (Å²) in [4.78, 5) is 0. The van der Waals surface area contributed by atoms with E-state index in [1.54, 1.807) is 0 Å². The summed E-state index contributed by atoms with van der Waals surface area (Å²) in [5, 5.41) is 15.9. The Morgan fingerprint density at radius 2 is 1.11 bits per heavy atom. The van der Waals surface area contributed by atoms with Crippen molar-refractivity contribution in [1.82, 2.24) is 5.32 Å². The van der Waals surface area contributed by atoms with Gasteiger partial charge < -0.3 is 10.6 Å². The fourth-order valence-electron chi connectivity index (χ4n) is 3.66. The molecule has 0 fully saturated rings. The van der Waals surface area contributed by atoms with E-state index in [-0.39, 0.29) is 6.17 Å². The fraction of sp³-hybridized carbons (Fsp3) is 0.200. The molecule has 0 saturated heterocycles. The van der Waals surface area contributed by atoms with Crippen molar-refractivity contribution in [3.63, 3.8) is 0 Å². The molecular weight excluding hydrogens is 342 g/mol. The first kappa shape index (κ1) is 18.3. The average Bonchev–Trinajstić information content (AvgIpc) is 2.73. The molecule has 0 bridgehead atoms. The largest absolute Gasteiger partial charge is 0.381 e. The molecule has 3 nitrogen and oxygen atoms in total. The second-order valence-corrected chi connectivity index (χ2v) is 7.37. The summed E-state index contributed by atoms with van der Waals surface area (Å²) in [6.07, 6.45) is 0.169. The second kappa shape index (κ2) is 8.32. The van der Waals surface area contributed by atoms with Crippen molar-refractivity contribution >= 4 is 32.9 Å². The first-order valence-electron chi connectivity index (χ1n) is 9.93. The third kappa shape index (κ3) is 4.10. The molecule has 142 valence electrons. The van der Waals surface area contributed by atoms with Gasteiger partial charge in [0.2, 0.25) is 0 Å². The number of rotatable bonds is 7. The molecule has 2 unspecified atom stereocenters. The first-order valence-corrected chi connectivity index (χ1v) is 9.93. The zero-order valence-corrected chi connectivity index (χ0v) is 16.4. The van der Waals surface area contributed by atoms with E-state index in [0.29, 0.717) is 6.04 Å². The standard InChI is InChI=1S/C25H27N3/c1-18(27-24-15-7-11-20-9-3-5-13-22(20)24)17-26-19(2)28-25-16-8-12-21-10-4-6-14-23(21)25/h3-16,18-19,26-28H,17H2,1-2H3. The van der Waals surface area contributed by atoms with Gasteiger partial charge in [0.1, 0.15) is 0 Å². The molecule has 4 rings (SSSR count). The maximum atomic E-state index is 3.64. The maximum absolute atomic E-state index is 3.64. The monoisotopic (exact) mass is 369 g/mol. The normalized spacial score (nSPS) is 13.4. The van der Waals surface area contributed by atoms with Crippen molar-refractivity contribution in [2.24, 2.45) is 0 Å². The summed E-state index contributed by atoms with van der Waals surface area (Å²) in [6, 6.07) is 30.1. The third-order valence-corrected chi connectivity index (χ3v) is 5.08. The molecule has 0 aliphatic heterocycles. The smallest absolute Gasteiger partial charge is 0.0740 e. The molecule has 0 aliphatic rings. The number of hydrogen-bond donors (Lipinski definition) is 3. The van der Waals surface area contributed by atoms with Crippen LogP contribution in [0, 0.1) is 0 Å². The number of benzene rings is 4. The number of anilines is 2. The van der Waals surface area contributed by atoms with E-state index >= 15 is 0 Å². The van der Waals surface area contributed by atoms with Crippen LogP contribution in [0.15, 0.2) is 84.9 Å². The van der Waals surface area contributed by atoms with E-state index < -0.39 is 0 Å². The number of nitrogens with one attached hydrogen (secondary N) is 3. The molecule has 0 spiro atoms. The predicted octanol–water partition coefficient (Wildman–Crippen LogP) is 5.84. The lowest BCUT2D eigenvalue weighted by molar-refractivity contribution is 0.569. The third-order valence-electron chi connectivity index (χ3n) is 5.08. The molecule has 0 heterocycles. The van der Waals surface area contributed by atoms with Gasteiger partial charge in [-0.05, 0) is 36.8 Å². The summed E-state index contributed by atoms with van der Waals surface area (Å²) in [5.41, 5.74) is 2.34. The molecule has 0 saturated carbocycles. The average molecular weight is 370 g/mol. The second-order valence-electron chi connectivity index (χ2n) is 7.37. The summed E-state index contributed by atoms with van der Waals surface area (Å²) >= 11 is 0.